The van der Waals surface area contributed by atoms with Gasteiger partial charge >= 0.3 is 6.03 Å². The second-order valence-corrected chi connectivity index (χ2v) is 8.75. The molecule has 0 spiro atoms. The van der Waals surface area contributed by atoms with Gasteiger partial charge in [-0.1, -0.05) is 74.0 Å². The van der Waals surface area contributed by atoms with Crippen molar-refractivity contribution in [2.24, 2.45) is 5.92 Å². The highest BCUT2D eigenvalue weighted by atomic mass is 16.2. The van der Waals surface area contributed by atoms with E-state index in [4.69, 9.17) is 0 Å². The highest BCUT2D eigenvalue weighted by Crippen LogP contribution is 2.15. The van der Waals surface area contributed by atoms with Crippen LogP contribution in [0.5, 0.6) is 0 Å². The summed E-state index contributed by atoms with van der Waals surface area (Å²) < 4.78 is 0. The van der Waals surface area contributed by atoms with Crippen LogP contribution in [0.1, 0.15) is 43.4 Å². The van der Waals surface area contributed by atoms with E-state index in [0.717, 1.165) is 43.6 Å². The number of aryl methyl sites for hydroxylation is 1. The first kappa shape index (κ1) is 21.4. The fourth-order valence-electron chi connectivity index (χ4n) is 3.96. The van der Waals surface area contributed by atoms with Crippen LogP contribution in [-0.4, -0.2) is 41.5 Å². The van der Waals surface area contributed by atoms with Crippen LogP contribution in [0, 0.1) is 12.8 Å². The molecule has 4 nitrogen and oxygen atoms in total. The van der Waals surface area contributed by atoms with Gasteiger partial charge in [0, 0.05) is 38.8 Å². The third kappa shape index (κ3) is 6.90. The maximum Gasteiger partial charge on any atom is 0.318 e. The van der Waals surface area contributed by atoms with Crippen molar-refractivity contribution in [2.45, 2.75) is 52.7 Å². The zero-order valence-corrected chi connectivity index (χ0v) is 18.1. The first-order chi connectivity index (χ1) is 14.0. The Labute approximate surface area is 175 Å². The van der Waals surface area contributed by atoms with Crippen LogP contribution in [-0.2, 0) is 13.1 Å². The number of carbonyl (C=O) groups excluding carboxylic acids is 1. The highest BCUT2D eigenvalue weighted by molar-refractivity contribution is 5.74. The summed E-state index contributed by atoms with van der Waals surface area (Å²) in [5.74, 6) is 0.692. The average molecular weight is 394 g/mol. The van der Waals surface area contributed by atoms with Gasteiger partial charge in [-0.15, -0.1) is 0 Å². The molecule has 3 rings (SSSR count). The summed E-state index contributed by atoms with van der Waals surface area (Å²) in [7, 11) is 0. The van der Waals surface area contributed by atoms with E-state index in [-0.39, 0.29) is 12.1 Å². The smallest absolute Gasteiger partial charge is 0.318 e. The van der Waals surface area contributed by atoms with Gasteiger partial charge in [-0.3, -0.25) is 0 Å². The lowest BCUT2D eigenvalue weighted by molar-refractivity contribution is 0.161. The zero-order chi connectivity index (χ0) is 20.6. The zero-order valence-electron chi connectivity index (χ0n) is 18.1. The predicted octanol–water partition coefficient (Wildman–Crippen LogP) is 4.83. The molecule has 1 saturated heterocycles. The Balaban J connectivity index is 1.62. The molecule has 0 radical (unpaired) electrons. The van der Waals surface area contributed by atoms with Gasteiger partial charge in [-0.05, 0) is 36.8 Å². The van der Waals surface area contributed by atoms with Crippen LogP contribution in [0.15, 0.2) is 54.6 Å². The van der Waals surface area contributed by atoms with Crippen LogP contribution in [0.4, 0.5) is 4.79 Å². The molecule has 4 heteroatoms. The van der Waals surface area contributed by atoms with Crippen molar-refractivity contribution >= 4 is 6.03 Å². The van der Waals surface area contributed by atoms with Gasteiger partial charge in [0.05, 0.1) is 0 Å². The number of amides is 2. The van der Waals surface area contributed by atoms with Crippen molar-refractivity contribution in [3.05, 3.63) is 71.3 Å². The molecule has 156 valence electrons. The van der Waals surface area contributed by atoms with E-state index in [2.05, 4.69) is 67.4 Å². The average Bonchev–Trinajstić information content (AvgIpc) is 2.71. The Hall–Kier alpha value is -2.33. The Morgan fingerprint density at radius 3 is 2.17 bits per heavy atom. The molecule has 1 fully saturated rings. The van der Waals surface area contributed by atoms with Crippen molar-refractivity contribution in [3.63, 3.8) is 0 Å². The van der Waals surface area contributed by atoms with E-state index >= 15 is 0 Å². The lowest BCUT2D eigenvalue weighted by atomic mass is 10.0. The van der Waals surface area contributed by atoms with Crippen molar-refractivity contribution in [2.75, 3.05) is 19.6 Å². The lowest BCUT2D eigenvalue weighted by Gasteiger charge is -2.34. The third-order valence-electron chi connectivity index (χ3n) is 5.54. The van der Waals surface area contributed by atoms with Gasteiger partial charge in [0.25, 0.3) is 0 Å². The second-order valence-electron chi connectivity index (χ2n) is 8.75. The molecule has 1 heterocycles. The quantitative estimate of drug-likeness (QED) is 0.731. The molecule has 1 N–H and O–H groups in total. The number of benzene rings is 2. The van der Waals surface area contributed by atoms with Gasteiger partial charge in [-0.2, -0.15) is 0 Å². The van der Waals surface area contributed by atoms with Gasteiger partial charge in [0.15, 0.2) is 0 Å². The number of rotatable bonds is 7. The minimum Gasteiger partial charge on any atom is -0.335 e. The summed E-state index contributed by atoms with van der Waals surface area (Å²) in [6.07, 6.45) is 2.06. The molecule has 2 aromatic carbocycles. The van der Waals surface area contributed by atoms with Gasteiger partial charge in [0.1, 0.15) is 0 Å². The van der Waals surface area contributed by atoms with Crippen LogP contribution in [0.2, 0.25) is 0 Å². The van der Waals surface area contributed by atoms with E-state index in [1.54, 1.807) is 0 Å². The standard InChI is InChI=1S/C25H35N3O/c1-20(2)17-27-15-13-24(14-16-27)26-25(29)28(18-22-7-5-4-6-8-22)19-23-11-9-21(3)10-12-23/h4-12,20,24H,13-19H2,1-3H3,(H,26,29). The number of hydrogen-bond acceptors (Lipinski definition) is 2. The molecule has 0 aliphatic carbocycles. The number of likely N-dealkylation sites (tertiary alicyclic amines) is 1. The Morgan fingerprint density at radius 1 is 1.00 bits per heavy atom. The Kier molecular flexibility index (Phi) is 7.70. The van der Waals surface area contributed by atoms with Crippen LogP contribution in [0.3, 0.4) is 0 Å². The molecule has 0 unspecified atom stereocenters. The summed E-state index contributed by atoms with van der Waals surface area (Å²) >= 11 is 0. The minimum absolute atomic E-state index is 0.0386. The molecule has 0 bridgehead atoms. The van der Waals surface area contributed by atoms with Gasteiger partial charge < -0.3 is 15.1 Å². The summed E-state index contributed by atoms with van der Waals surface area (Å²) in [5.41, 5.74) is 3.55. The minimum atomic E-state index is 0.0386. The molecule has 1 aliphatic heterocycles. The summed E-state index contributed by atoms with van der Waals surface area (Å²) in [6.45, 7) is 11.1. The fraction of sp³-hybridized carbons (Fsp3) is 0.480. The molecular weight excluding hydrogens is 358 g/mol. The van der Waals surface area contributed by atoms with E-state index in [9.17, 15) is 4.79 Å². The van der Waals surface area contributed by atoms with E-state index in [1.807, 2.05) is 23.1 Å². The number of piperidine rings is 1. The maximum absolute atomic E-state index is 13.1. The van der Waals surface area contributed by atoms with Gasteiger partial charge in [0.2, 0.25) is 0 Å². The van der Waals surface area contributed by atoms with Crippen molar-refractivity contribution < 1.29 is 4.79 Å². The molecule has 2 aromatic rings. The lowest BCUT2D eigenvalue weighted by Crippen LogP contribution is -2.49. The number of hydrogen-bond donors (Lipinski definition) is 1. The number of carbonyl (C=O) groups is 1. The maximum atomic E-state index is 13.1. The van der Waals surface area contributed by atoms with Crippen molar-refractivity contribution in [3.8, 4) is 0 Å². The summed E-state index contributed by atoms with van der Waals surface area (Å²) in [4.78, 5) is 17.6. The predicted molar refractivity (Wildman–Crippen MR) is 120 cm³/mol. The topological polar surface area (TPSA) is 35.6 Å². The number of urea groups is 1. The first-order valence-corrected chi connectivity index (χ1v) is 10.9. The SMILES string of the molecule is Cc1ccc(CN(Cc2ccccc2)C(=O)NC2CCN(CC(C)C)CC2)cc1. The van der Waals surface area contributed by atoms with E-state index in [1.165, 1.54) is 5.56 Å². The summed E-state index contributed by atoms with van der Waals surface area (Å²) in [5, 5.41) is 3.31. The monoisotopic (exact) mass is 393 g/mol. The van der Waals surface area contributed by atoms with Crippen LogP contribution >= 0.6 is 0 Å². The van der Waals surface area contributed by atoms with E-state index < -0.39 is 0 Å². The molecule has 0 saturated carbocycles. The van der Waals surface area contributed by atoms with E-state index in [0.29, 0.717) is 19.0 Å². The molecule has 0 aromatic heterocycles. The van der Waals surface area contributed by atoms with Gasteiger partial charge in [-0.25, -0.2) is 4.79 Å². The van der Waals surface area contributed by atoms with Crippen molar-refractivity contribution in [1.29, 1.82) is 0 Å². The van der Waals surface area contributed by atoms with Crippen LogP contribution < -0.4 is 5.32 Å². The number of nitrogens with zero attached hydrogens (tertiary/aromatic N) is 2. The molecular formula is C25H35N3O. The third-order valence-corrected chi connectivity index (χ3v) is 5.54. The highest BCUT2D eigenvalue weighted by Gasteiger charge is 2.23. The number of nitrogens with one attached hydrogen (secondary N) is 1. The van der Waals surface area contributed by atoms with Crippen molar-refractivity contribution in [1.82, 2.24) is 15.1 Å². The normalized spacial score (nSPS) is 15.4. The molecule has 0 atom stereocenters. The first-order valence-electron chi connectivity index (χ1n) is 10.9. The fourth-order valence-corrected chi connectivity index (χ4v) is 3.96. The second kappa shape index (κ2) is 10.4. The molecule has 2 amide bonds. The van der Waals surface area contributed by atoms with Crippen LogP contribution in [0.25, 0.3) is 0 Å². The Morgan fingerprint density at radius 2 is 1.59 bits per heavy atom. The largest absolute Gasteiger partial charge is 0.335 e. The Bertz CT molecular complexity index is 749. The summed E-state index contributed by atoms with van der Waals surface area (Å²) in [6, 6.07) is 19.0. The molecule has 29 heavy (non-hydrogen) atoms. The molecule has 1 aliphatic rings.